The Balaban J connectivity index is 1.97. The first kappa shape index (κ1) is 11.2. The van der Waals surface area contributed by atoms with Gasteiger partial charge in [0.25, 0.3) is 0 Å². The highest BCUT2D eigenvalue weighted by Crippen LogP contribution is 2.10. The van der Waals surface area contributed by atoms with Crippen LogP contribution in [0.25, 0.3) is 0 Å². The molecule has 0 saturated carbocycles. The van der Waals surface area contributed by atoms with Crippen LogP contribution in [-0.4, -0.2) is 15.9 Å². The number of imidazole rings is 1. The van der Waals surface area contributed by atoms with Crippen molar-refractivity contribution in [1.82, 2.24) is 9.97 Å². The van der Waals surface area contributed by atoms with Crippen LogP contribution in [0.2, 0.25) is 0 Å². The van der Waals surface area contributed by atoms with Crippen molar-refractivity contribution in [1.29, 1.82) is 0 Å². The molecule has 0 bridgehead atoms. The van der Waals surface area contributed by atoms with Gasteiger partial charge in [-0.25, -0.2) is 4.98 Å². The lowest BCUT2D eigenvalue weighted by Crippen LogP contribution is -2.10. The molecule has 0 saturated heterocycles. The predicted molar refractivity (Wildman–Crippen MR) is 65.6 cm³/mol. The Morgan fingerprint density at radius 2 is 2.12 bits per heavy atom. The summed E-state index contributed by atoms with van der Waals surface area (Å²) in [6.45, 7) is 2.57. The zero-order chi connectivity index (χ0) is 12.3. The van der Waals surface area contributed by atoms with Crippen molar-refractivity contribution in [2.45, 2.75) is 13.5 Å². The van der Waals surface area contributed by atoms with Gasteiger partial charge in [0.15, 0.2) is 0 Å². The van der Waals surface area contributed by atoms with Gasteiger partial charge in [0.2, 0.25) is 5.91 Å². The van der Waals surface area contributed by atoms with Crippen molar-refractivity contribution in [3.05, 3.63) is 47.5 Å². The lowest BCUT2D eigenvalue weighted by Gasteiger charge is -2.05. The first-order chi connectivity index (χ1) is 8.15. The van der Waals surface area contributed by atoms with E-state index in [1.165, 1.54) is 0 Å². The number of aryl methyl sites for hydroxylation is 1. The second-order valence-electron chi connectivity index (χ2n) is 3.79. The van der Waals surface area contributed by atoms with Gasteiger partial charge in [-0.2, -0.15) is 0 Å². The van der Waals surface area contributed by atoms with Crippen LogP contribution in [-0.2, 0) is 6.54 Å². The van der Waals surface area contributed by atoms with E-state index in [-0.39, 0.29) is 0 Å². The van der Waals surface area contributed by atoms with E-state index >= 15 is 0 Å². The number of hydrogen-bond acceptors (Lipinski definition) is 3. The van der Waals surface area contributed by atoms with Gasteiger partial charge in [-0.1, -0.05) is 0 Å². The van der Waals surface area contributed by atoms with Crippen LogP contribution in [0.1, 0.15) is 21.9 Å². The molecule has 0 fully saturated rings. The number of primary amides is 1. The van der Waals surface area contributed by atoms with Crippen LogP contribution < -0.4 is 11.1 Å². The van der Waals surface area contributed by atoms with Crippen LogP contribution in [0.5, 0.6) is 0 Å². The Morgan fingerprint density at radius 1 is 1.41 bits per heavy atom. The van der Waals surface area contributed by atoms with E-state index < -0.39 is 5.91 Å². The van der Waals surface area contributed by atoms with Crippen LogP contribution in [0.3, 0.4) is 0 Å². The van der Waals surface area contributed by atoms with Gasteiger partial charge in [-0.3, -0.25) is 4.79 Å². The maximum Gasteiger partial charge on any atom is 0.248 e. The minimum Gasteiger partial charge on any atom is -0.379 e. The minimum atomic E-state index is -0.416. The molecule has 0 aliphatic carbocycles. The number of carbonyl (C=O) groups excluding carboxylic acids is 1. The van der Waals surface area contributed by atoms with Crippen LogP contribution in [0.4, 0.5) is 5.69 Å². The summed E-state index contributed by atoms with van der Waals surface area (Å²) in [7, 11) is 0. The highest BCUT2D eigenvalue weighted by atomic mass is 16.1. The highest BCUT2D eigenvalue weighted by molar-refractivity contribution is 5.93. The van der Waals surface area contributed by atoms with Gasteiger partial charge >= 0.3 is 0 Å². The molecule has 1 aromatic carbocycles. The molecule has 1 amide bonds. The number of aromatic amines is 1. The average molecular weight is 230 g/mol. The third-order valence-electron chi connectivity index (χ3n) is 2.41. The van der Waals surface area contributed by atoms with E-state index in [2.05, 4.69) is 15.3 Å². The van der Waals surface area contributed by atoms with Crippen LogP contribution in [0, 0.1) is 6.92 Å². The van der Waals surface area contributed by atoms with Gasteiger partial charge in [0.05, 0.1) is 18.4 Å². The lowest BCUT2D eigenvalue weighted by molar-refractivity contribution is 0.100. The largest absolute Gasteiger partial charge is 0.379 e. The maximum absolute atomic E-state index is 10.9. The summed E-state index contributed by atoms with van der Waals surface area (Å²) in [5.41, 5.74) is 7.61. The topological polar surface area (TPSA) is 83.8 Å². The van der Waals surface area contributed by atoms with Crippen molar-refractivity contribution in [3.63, 3.8) is 0 Å². The smallest absolute Gasteiger partial charge is 0.248 e. The Hall–Kier alpha value is -2.30. The molecule has 0 radical (unpaired) electrons. The second-order valence-corrected chi connectivity index (χ2v) is 3.79. The van der Waals surface area contributed by atoms with Crippen molar-refractivity contribution in [3.8, 4) is 0 Å². The zero-order valence-corrected chi connectivity index (χ0v) is 9.53. The summed E-state index contributed by atoms with van der Waals surface area (Å²) in [6, 6.07) is 7.04. The first-order valence-corrected chi connectivity index (χ1v) is 5.29. The molecule has 1 heterocycles. The number of rotatable bonds is 4. The molecule has 2 rings (SSSR count). The van der Waals surface area contributed by atoms with Crippen molar-refractivity contribution >= 4 is 11.6 Å². The normalized spacial score (nSPS) is 10.2. The summed E-state index contributed by atoms with van der Waals surface area (Å²) in [6.07, 6.45) is 1.79. The van der Waals surface area contributed by atoms with Gasteiger partial charge < -0.3 is 16.0 Å². The molecule has 0 atom stereocenters. The number of carbonyl (C=O) groups is 1. The highest BCUT2D eigenvalue weighted by Gasteiger charge is 2.00. The Labute approximate surface area is 99.1 Å². The second kappa shape index (κ2) is 4.69. The molecule has 0 aliphatic rings. The molecule has 0 aliphatic heterocycles. The number of nitrogens with one attached hydrogen (secondary N) is 2. The summed E-state index contributed by atoms with van der Waals surface area (Å²) >= 11 is 0. The fraction of sp³-hybridized carbons (Fsp3) is 0.167. The van der Waals surface area contributed by atoms with E-state index in [9.17, 15) is 4.79 Å². The maximum atomic E-state index is 10.9. The van der Waals surface area contributed by atoms with Crippen molar-refractivity contribution in [2.24, 2.45) is 5.73 Å². The first-order valence-electron chi connectivity index (χ1n) is 5.29. The average Bonchev–Trinajstić information content (AvgIpc) is 2.73. The molecule has 5 heteroatoms. The molecule has 17 heavy (non-hydrogen) atoms. The molecule has 0 spiro atoms. The number of nitrogens with zero attached hydrogens (tertiary/aromatic N) is 1. The molecule has 0 unspecified atom stereocenters. The van der Waals surface area contributed by atoms with Crippen LogP contribution >= 0.6 is 0 Å². The molecular formula is C12H14N4O. The van der Waals surface area contributed by atoms with E-state index in [4.69, 9.17) is 5.73 Å². The monoisotopic (exact) mass is 230 g/mol. The summed E-state index contributed by atoms with van der Waals surface area (Å²) < 4.78 is 0. The Kier molecular flexibility index (Phi) is 3.09. The van der Waals surface area contributed by atoms with Gasteiger partial charge in [-0.15, -0.1) is 0 Å². The van der Waals surface area contributed by atoms with Gasteiger partial charge in [0, 0.05) is 11.3 Å². The Morgan fingerprint density at radius 3 is 2.65 bits per heavy atom. The molecule has 2 aromatic rings. The van der Waals surface area contributed by atoms with E-state index in [1.54, 1.807) is 18.3 Å². The number of hydrogen-bond donors (Lipinski definition) is 3. The van der Waals surface area contributed by atoms with Gasteiger partial charge in [0.1, 0.15) is 5.82 Å². The zero-order valence-electron chi connectivity index (χ0n) is 9.53. The van der Waals surface area contributed by atoms with Crippen molar-refractivity contribution < 1.29 is 4.79 Å². The van der Waals surface area contributed by atoms with Crippen molar-refractivity contribution in [2.75, 3.05) is 5.32 Å². The molecule has 88 valence electrons. The molecule has 4 N–H and O–H groups in total. The van der Waals surface area contributed by atoms with Crippen LogP contribution in [0.15, 0.2) is 30.5 Å². The molecular weight excluding hydrogens is 216 g/mol. The molecule has 1 aromatic heterocycles. The quantitative estimate of drug-likeness (QED) is 0.742. The SMILES string of the molecule is Cc1ncc(CNc2ccc(C(N)=O)cc2)[nH]1. The van der Waals surface area contributed by atoms with E-state index in [1.807, 2.05) is 19.1 Å². The predicted octanol–water partition coefficient (Wildman–Crippen LogP) is 1.43. The number of anilines is 1. The fourth-order valence-corrected chi connectivity index (χ4v) is 1.51. The third-order valence-corrected chi connectivity index (χ3v) is 2.41. The number of aromatic nitrogens is 2. The fourth-order valence-electron chi connectivity index (χ4n) is 1.51. The summed E-state index contributed by atoms with van der Waals surface area (Å²) in [5, 5.41) is 3.22. The lowest BCUT2D eigenvalue weighted by atomic mass is 10.2. The van der Waals surface area contributed by atoms with Gasteiger partial charge in [-0.05, 0) is 31.2 Å². The number of amides is 1. The number of nitrogens with two attached hydrogens (primary N) is 1. The summed E-state index contributed by atoms with van der Waals surface area (Å²) in [4.78, 5) is 18.1. The van der Waals surface area contributed by atoms with E-state index in [0.29, 0.717) is 12.1 Å². The third kappa shape index (κ3) is 2.84. The Bertz CT molecular complexity index is 516. The summed E-state index contributed by atoms with van der Waals surface area (Å²) in [5.74, 6) is 0.478. The minimum absolute atomic E-state index is 0.416. The number of H-pyrrole nitrogens is 1. The standard InChI is InChI=1S/C12H14N4O/c1-8-14-6-11(16-8)7-15-10-4-2-9(3-5-10)12(13)17/h2-6,15H,7H2,1H3,(H2,13,17)(H,14,16). The number of benzene rings is 1. The van der Waals surface area contributed by atoms with E-state index in [0.717, 1.165) is 17.2 Å². The molecule has 5 nitrogen and oxygen atoms in total.